The summed E-state index contributed by atoms with van der Waals surface area (Å²) in [5.74, 6) is 1.45. The maximum absolute atomic E-state index is 12.8. The predicted molar refractivity (Wildman–Crippen MR) is 108 cm³/mol. The van der Waals surface area contributed by atoms with Crippen molar-refractivity contribution in [2.75, 3.05) is 13.7 Å². The van der Waals surface area contributed by atoms with Crippen LogP contribution in [0.15, 0.2) is 23.0 Å². The van der Waals surface area contributed by atoms with Crippen molar-refractivity contribution in [3.8, 4) is 5.75 Å². The highest BCUT2D eigenvalue weighted by molar-refractivity contribution is 5.52. The molecule has 1 aliphatic carbocycles. The van der Waals surface area contributed by atoms with Gasteiger partial charge in [0, 0.05) is 37.5 Å². The van der Waals surface area contributed by atoms with E-state index in [4.69, 9.17) is 9.72 Å². The molecule has 1 saturated carbocycles. The average Bonchev–Trinajstić information content (AvgIpc) is 2.74. The van der Waals surface area contributed by atoms with Crippen LogP contribution in [0.1, 0.15) is 60.7 Å². The molecule has 1 aromatic carbocycles. The van der Waals surface area contributed by atoms with Crippen LogP contribution in [0.2, 0.25) is 0 Å². The maximum Gasteiger partial charge on any atom is 0.315 e. The van der Waals surface area contributed by atoms with Crippen molar-refractivity contribution in [2.45, 2.75) is 57.5 Å². The van der Waals surface area contributed by atoms with Crippen LogP contribution in [-0.2, 0) is 19.5 Å². The molecule has 0 amide bonds. The fourth-order valence-electron chi connectivity index (χ4n) is 4.51. The SMILES string of the molecule is COc1cccc(CN2CCc3nc(C4CCCCC4)[nH]c(=O)c3C2)c1[N+](=O)[O-]. The van der Waals surface area contributed by atoms with Crippen LogP contribution in [-0.4, -0.2) is 33.4 Å². The number of para-hydroxylation sites is 1. The third kappa shape index (κ3) is 4.03. The fraction of sp³-hybridized carbons (Fsp3) is 0.524. The Morgan fingerprint density at radius 2 is 2.10 bits per heavy atom. The van der Waals surface area contributed by atoms with Crippen LogP contribution in [0.25, 0.3) is 0 Å². The molecule has 0 atom stereocenters. The van der Waals surface area contributed by atoms with Crippen molar-refractivity contribution in [1.29, 1.82) is 0 Å². The van der Waals surface area contributed by atoms with Gasteiger partial charge in [-0.2, -0.15) is 0 Å². The normalized spacial score (nSPS) is 17.7. The molecule has 154 valence electrons. The van der Waals surface area contributed by atoms with Crippen LogP contribution in [0.5, 0.6) is 5.75 Å². The molecule has 0 spiro atoms. The largest absolute Gasteiger partial charge is 0.490 e. The van der Waals surface area contributed by atoms with E-state index in [2.05, 4.69) is 9.88 Å². The number of nitro groups is 1. The lowest BCUT2D eigenvalue weighted by molar-refractivity contribution is -0.386. The van der Waals surface area contributed by atoms with E-state index < -0.39 is 4.92 Å². The number of aromatic amines is 1. The summed E-state index contributed by atoms with van der Waals surface area (Å²) in [6.07, 6.45) is 6.51. The van der Waals surface area contributed by atoms with Crippen LogP contribution < -0.4 is 10.3 Å². The number of nitrogens with one attached hydrogen (secondary N) is 1. The van der Waals surface area contributed by atoms with Crippen molar-refractivity contribution < 1.29 is 9.66 Å². The van der Waals surface area contributed by atoms with Crippen molar-refractivity contribution in [3.05, 3.63) is 61.3 Å². The highest BCUT2D eigenvalue weighted by Gasteiger charge is 2.27. The minimum atomic E-state index is -0.406. The number of nitro benzene ring substituents is 1. The van der Waals surface area contributed by atoms with Gasteiger partial charge in [0.05, 0.1) is 23.3 Å². The molecule has 1 N–H and O–H groups in total. The number of benzene rings is 1. The number of hydrogen-bond acceptors (Lipinski definition) is 6. The van der Waals surface area contributed by atoms with E-state index in [1.54, 1.807) is 18.2 Å². The number of nitrogens with zero attached hydrogens (tertiary/aromatic N) is 3. The van der Waals surface area contributed by atoms with Gasteiger partial charge in [0.2, 0.25) is 0 Å². The van der Waals surface area contributed by atoms with E-state index >= 15 is 0 Å². The molecule has 2 aromatic rings. The molecule has 29 heavy (non-hydrogen) atoms. The van der Waals surface area contributed by atoms with Gasteiger partial charge in [-0.3, -0.25) is 19.8 Å². The van der Waals surface area contributed by atoms with Crippen molar-refractivity contribution in [3.63, 3.8) is 0 Å². The summed E-state index contributed by atoms with van der Waals surface area (Å²) in [4.78, 5) is 33.7. The zero-order valence-corrected chi connectivity index (χ0v) is 16.6. The molecule has 0 unspecified atom stereocenters. The lowest BCUT2D eigenvalue weighted by atomic mass is 9.88. The Bertz CT molecular complexity index is 966. The second-order valence-electron chi connectivity index (χ2n) is 7.90. The molecule has 1 aliphatic heterocycles. The molecule has 8 heteroatoms. The lowest BCUT2D eigenvalue weighted by Crippen LogP contribution is -2.36. The fourth-order valence-corrected chi connectivity index (χ4v) is 4.51. The van der Waals surface area contributed by atoms with E-state index in [-0.39, 0.29) is 17.0 Å². The summed E-state index contributed by atoms with van der Waals surface area (Å²) in [7, 11) is 1.43. The lowest BCUT2D eigenvalue weighted by Gasteiger charge is -2.29. The molecular formula is C21H26N4O4. The van der Waals surface area contributed by atoms with Gasteiger partial charge in [0.1, 0.15) is 5.82 Å². The second kappa shape index (κ2) is 8.32. The number of fused-ring (bicyclic) bond motifs is 1. The minimum absolute atomic E-state index is 0.0134. The Morgan fingerprint density at radius 3 is 2.83 bits per heavy atom. The molecule has 0 saturated heterocycles. The summed E-state index contributed by atoms with van der Waals surface area (Å²) in [5, 5.41) is 11.5. The first kappa shape index (κ1) is 19.6. The summed E-state index contributed by atoms with van der Waals surface area (Å²) < 4.78 is 5.16. The third-order valence-corrected chi connectivity index (χ3v) is 6.04. The van der Waals surface area contributed by atoms with Crippen molar-refractivity contribution in [1.82, 2.24) is 14.9 Å². The number of ether oxygens (including phenoxy) is 1. The number of H-pyrrole nitrogens is 1. The number of hydrogen-bond donors (Lipinski definition) is 1. The first-order chi connectivity index (χ1) is 14.1. The van der Waals surface area contributed by atoms with Gasteiger partial charge >= 0.3 is 5.69 Å². The quantitative estimate of drug-likeness (QED) is 0.613. The van der Waals surface area contributed by atoms with Gasteiger partial charge in [-0.1, -0.05) is 31.4 Å². The first-order valence-corrected chi connectivity index (χ1v) is 10.2. The Kier molecular flexibility index (Phi) is 5.62. The van der Waals surface area contributed by atoms with Crippen LogP contribution >= 0.6 is 0 Å². The Balaban J connectivity index is 1.55. The Morgan fingerprint density at radius 1 is 1.31 bits per heavy atom. The van der Waals surface area contributed by atoms with Crippen molar-refractivity contribution in [2.24, 2.45) is 0 Å². The second-order valence-corrected chi connectivity index (χ2v) is 7.90. The Hall–Kier alpha value is -2.74. The monoisotopic (exact) mass is 398 g/mol. The molecule has 0 radical (unpaired) electrons. The first-order valence-electron chi connectivity index (χ1n) is 10.2. The molecule has 2 aliphatic rings. The van der Waals surface area contributed by atoms with Gasteiger partial charge in [-0.15, -0.1) is 0 Å². The van der Waals surface area contributed by atoms with E-state index in [9.17, 15) is 14.9 Å². The highest BCUT2D eigenvalue weighted by Crippen LogP contribution is 2.33. The van der Waals surface area contributed by atoms with Crippen molar-refractivity contribution >= 4 is 5.69 Å². The highest BCUT2D eigenvalue weighted by atomic mass is 16.6. The van der Waals surface area contributed by atoms with Gasteiger partial charge in [-0.05, 0) is 18.9 Å². The topological polar surface area (TPSA) is 101 Å². The smallest absolute Gasteiger partial charge is 0.315 e. The van der Waals surface area contributed by atoms with Gasteiger partial charge < -0.3 is 9.72 Å². The average molecular weight is 398 g/mol. The molecule has 1 fully saturated rings. The molecular weight excluding hydrogens is 372 g/mol. The maximum atomic E-state index is 12.8. The van der Waals surface area contributed by atoms with Gasteiger partial charge in [-0.25, -0.2) is 4.98 Å². The van der Waals surface area contributed by atoms with Gasteiger partial charge in [0.25, 0.3) is 5.56 Å². The molecule has 8 nitrogen and oxygen atoms in total. The molecule has 0 bridgehead atoms. The van der Waals surface area contributed by atoms with E-state index in [1.165, 1.54) is 26.4 Å². The van der Waals surface area contributed by atoms with Crippen LogP contribution in [0.3, 0.4) is 0 Å². The zero-order chi connectivity index (χ0) is 20.4. The van der Waals surface area contributed by atoms with E-state index in [0.29, 0.717) is 43.1 Å². The standard InChI is InChI=1S/C21H26N4O4/c1-29-18-9-5-8-15(19(18)25(27)28)12-24-11-10-17-16(13-24)21(26)23-20(22-17)14-6-3-2-4-7-14/h5,8-9,14H,2-4,6-7,10-13H2,1H3,(H,22,23,26). The van der Waals surface area contributed by atoms with E-state index in [1.807, 2.05) is 0 Å². The van der Waals surface area contributed by atoms with Gasteiger partial charge in [0.15, 0.2) is 5.75 Å². The predicted octanol–water partition coefficient (Wildman–Crippen LogP) is 3.29. The minimum Gasteiger partial charge on any atom is -0.490 e. The summed E-state index contributed by atoms with van der Waals surface area (Å²) in [6.45, 7) is 1.54. The molecule has 4 rings (SSSR count). The summed E-state index contributed by atoms with van der Waals surface area (Å²) >= 11 is 0. The summed E-state index contributed by atoms with van der Waals surface area (Å²) in [6, 6.07) is 5.09. The summed E-state index contributed by atoms with van der Waals surface area (Å²) in [5.41, 5.74) is 2.06. The third-order valence-electron chi connectivity index (χ3n) is 6.04. The molecule has 2 heterocycles. The zero-order valence-electron chi connectivity index (χ0n) is 16.6. The van der Waals surface area contributed by atoms with Crippen LogP contribution in [0, 0.1) is 10.1 Å². The van der Waals surface area contributed by atoms with E-state index in [0.717, 1.165) is 24.4 Å². The number of aromatic nitrogens is 2. The van der Waals surface area contributed by atoms with Crippen LogP contribution in [0.4, 0.5) is 5.69 Å². The molecule has 1 aromatic heterocycles. The number of rotatable bonds is 5. The number of methoxy groups -OCH3 is 1. The Labute approximate surface area is 169 Å².